The third-order valence-electron chi connectivity index (χ3n) is 5.22. The lowest BCUT2D eigenvalue weighted by atomic mass is 9.77. The first-order valence-electron chi connectivity index (χ1n) is 8.34. The molecule has 1 amide bonds. The average molecular weight is 343 g/mol. The molecular weight excluding hydrogens is 322 g/mol. The molecule has 0 aromatic carbocycles. The van der Waals surface area contributed by atoms with Gasteiger partial charge in [-0.25, -0.2) is 15.0 Å². The zero-order valence-corrected chi connectivity index (χ0v) is 14.8. The molecule has 2 aliphatic rings. The van der Waals surface area contributed by atoms with Crippen molar-refractivity contribution in [3.05, 3.63) is 33.0 Å². The molecule has 1 aliphatic heterocycles. The van der Waals surface area contributed by atoms with Crippen LogP contribution < -0.4 is 5.73 Å². The molecule has 7 heteroatoms. The third-order valence-corrected chi connectivity index (χ3v) is 6.28. The Labute approximate surface area is 145 Å². The smallest absolute Gasteiger partial charge is 0.265 e. The molecule has 0 bridgehead atoms. The third kappa shape index (κ3) is 2.38. The fourth-order valence-corrected chi connectivity index (χ4v) is 5.02. The highest BCUT2D eigenvalue weighted by Crippen LogP contribution is 2.44. The maximum Gasteiger partial charge on any atom is 0.265 e. The molecule has 3 heterocycles. The molecule has 2 aromatic heterocycles. The number of nitrogen functional groups attached to an aromatic ring is 1. The van der Waals surface area contributed by atoms with Gasteiger partial charge in [0.05, 0.1) is 16.4 Å². The Hall–Kier alpha value is -2.02. The number of aromatic nitrogens is 3. The van der Waals surface area contributed by atoms with E-state index in [4.69, 9.17) is 5.73 Å². The van der Waals surface area contributed by atoms with Crippen molar-refractivity contribution in [1.29, 1.82) is 0 Å². The van der Waals surface area contributed by atoms with E-state index in [9.17, 15) is 4.79 Å². The predicted molar refractivity (Wildman–Crippen MR) is 93.2 cm³/mol. The second kappa shape index (κ2) is 5.51. The highest BCUT2D eigenvalue weighted by Gasteiger charge is 2.45. The van der Waals surface area contributed by atoms with E-state index < -0.39 is 0 Å². The minimum absolute atomic E-state index is 0.0616. The van der Waals surface area contributed by atoms with Gasteiger partial charge in [-0.15, -0.1) is 11.3 Å². The van der Waals surface area contributed by atoms with Crippen LogP contribution in [0.3, 0.4) is 0 Å². The molecule has 24 heavy (non-hydrogen) atoms. The minimum atomic E-state index is -0.0616. The van der Waals surface area contributed by atoms with Gasteiger partial charge in [0.1, 0.15) is 4.88 Å². The Kier molecular flexibility index (Phi) is 3.56. The number of anilines is 1. The summed E-state index contributed by atoms with van der Waals surface area (Å²) in [6.45, 7) is 5.37. The van der Waals surface area contributed by atoms with E-state index in [0.29, 0.717) is 12.5 Å². The summed E-state index contributed by atoms with van der Waals surface area (Å²) in [4.78, 5) is 28.8. The van der Waals surface area contributed by atoms with E-state index in [1.165, 1.54) is 16.9 Å². The average Bonchev–Trinajstić information content (AvgIpc) is 3.07. The Morgan fingerprint density at radius 3 is 2.92 bits per heavy atom. The van der Waals surface area contributed by atoms with E-state index in [2.05, 4.69) is 15.0 Å². The number of piperidine rings is 1. The molecule has 4 rings (SSSR count). The van der Waals surface area contributed by atoms with Crippen LogP contribution in [0, 0.1) is 13.8 Å². The summed E-state index contributed by atoms with van der Waals surface area (Å²) in [5, 5.41) is 0.939. The number of carbonyl (C=O) groups is 1. The topological polar surface area (TPSA) is 85.0 Å². The van der Waals surface area contributed by atoms with Crippen LogP contribution in [0.2, 0.25) is 0 Å². The lowest BCUT2D eigenvalue weighted by Crippen LogP contribution is -2.48. The number of fused-ring (bicyclic) bond motifs is 2. The second-order valence-corrected chi connectivity index (χ2v) is 8.06. The van der Waals surface area contributed by atoms with Gasteiger partial charge in [0.15, 0.2) is 0 Å². The molecule has 1 atom stereocenters. The van der Waals surface area contributed by atoms with E-state index >= 15 is 0 Å². The number of nitrogens with zero attached hydrogens (tertiary/aromatic N) is 4. The van der Waals surface area contributed by atoms with Gasteiger partial charge in [0.25, 0.3) is 5.91 Å². The maximum atomic E-state index is 13.0. The Morgan fingerprint density at radius 2 is 2.17 bits per heavy atom. The summed E-state index contributed by atoms with van der Waals surface area (Å²) >= 11 is 1.49. The van der Waals surface area contributed by atoms with Crippen molar-refractivity contribution < 1.29 is 4.79 Å². The fourth-order valence-electron chi connectivity index (χ4n) is 4.13. The molecule has 1 saturated heterocycles. The number of aryl methyl sites for hydroxylation is 3. The summed E-state index contributed by atoms with van der Waals surface area (Å²) in [6, 6.07) is 0. The van der Waals surface area contributed by atoms with Crippen molar-refractivity contribution in [2.45, 2.75) is 44.9 Å². The number of thiazole rings is 1. The quantitative estimate of drug-likeness (QED) is 0.858. The zero-order chi connectivity index (χ0) is 16.9. The van der Waals surface area contributed by atoms with Gasteiger partial charge in [-0.3, -0.25) is 4.79 Å². The number of carbonyl (C=O) groups excluding carboxylic acids is 1. The zero-order valence-electron chi connectivity index (χ0n) is 14.0. The van der Waals surface area contributed by atoms with Crippen molar-refractivity contribution in [2.75, 3.05) is 18.8 Å². The van der Waals surface area contributed by atoms with Gasteiger partial charge < -0.3 is 10.6 Å². The summed E-state index contributed by atoms with van der Waals surface area (Å²) in [7, 11) is 0. The van der Waals surface area contributed by atoms with Crippen LogP contribution >= 0.6 is 11.3 Å². The molecule has 0 saturated carbocycles. The lowest BCUT2D eigenvalue weighted by molar-refractivity contribution is 0.0637. The number of hydrogen-bond donors (Lipinski definition) is 1. The largest absolute Gasteiger partial charge is 0.368 e. The van der Waals surface area contributed by atoms with Gasteiger partial charge in [0.2, 0.25) is 5.95 Å². The van der Waals surface area contributed by atoms with Crippen LogP contribution in [0.5, 0.6) is 0 Å². The van der Waals surface area contributed by atoms with Gasteiger partial charge in [-0.05, 0) is 45.1 Å². The maximum absolute atomic E-state index is 13.0. The van der Waals surface area contributed by atoms with E-state index in [1.54, 1.807) is 0 Å². The van der Waals surface area contributed by atoms with Gasteiger partial charge in [-0.1, -0.05) is 0 Å². The van der Waals surface area contributed by atoms with Crippen LogP contribution in [-0.4, -0.2) is 38.8 Å². The Bertz CT molecular complexity index is 813. The molecule has 1 aliphatic carbocycles. The standard InChI is InChI=1S/C17H21N5OS/c1-10-13(24-11(2)20-10)15(23)22-7-3-5-17(9-22)6-4-12-8-19-16(18)21-14(12)17/h8H,3-7,9H2,1-2H3,(H2,18,19,21). The SMILES string of the molecule is Cc1nc(C)c(C(=O)N2CCCC3(CCc4cnc(N)nc43)C2)s1. The summed E-state index contributed by atoms with van der Waals surface area (Å²) in [6.07, 6.45) is 5.89. The predicted octanol–water partition coefficient (Wildman–Crippen LogP) is 2.25. The van der Waals surface area contributed by atoms with E-state index in [-0.39, 0.29) is 11.3 Å². The Morgan fingerprint density at radius 1 is 1.33 bits per heavy atom. The number of likely N-dealkylation sites (tertiary alicyclic amines) is 1. The highest BCUT2D eigenvalue weighted by atomic mass is 32.1. The normalized spacial score (nSPS) is 22.8. The number of hydrogen-bond acceptors (Lipinski definition) is 6. The Balaban J connectivity index is 1.65. The molecule has 2 aromatic rings. The first kappa shape index (κ1) is 15.5. The minimum Gasteiger partial charge on any atom is -0.368 e. The van der Waals surface area contributed by atoms with Crippen molar-refractivity contribution in [1.82, 2.24) is 19.9 Å². The summed E-state index contributed by atoms with van der Waals surface area (Å²) < 4.78 is 0. The molecule has 126 valence electrons. The summed E-state index contributed by atoms with van der Waals surface area (Å²) in [5.41, 5.74) is 8.84. The molecule has 0 radical (unpaired) electrons. The van der Waals surface area contributed by atoms with Crippen LogP contribution in [0.25, 0.3) is 0 Å². The van der Waals surface area contributed by atoms with Crippen molar-refractivity contribution >= 4 is 23.2 Å². The van der Waals surface area contributed by atoms with Crippen molar-refractivity contribution in [2.24, 2.45) is 0 Å². The van der Waals surface area contributed by atoms with Crippen LogP contribution in [0.4, 0.5) is 5.95 Å². The molecule has 2 N–H and O–H groups in total. The molecular formula is C17H21N5OS. The monoisotopic (exact) mass is 343 g/mol. The first-order chi connectivity index (χ1) is 11.5. The second-order valence-electron chi connectivity index (χ2n) is 6.86. The summed E-state index contributed by atoms with van der Waals surface area (Å²) in [5.74, 6) is 0.431. The molecule has 6 nitrogen and oxygen atoms in total. The van der Waals surface area contributed by atoms with Gasteiger partial charge >= 0.3 is 0 Å². The molecule has 1 fully saturated rings. The van der Waals surface area contributed by atoms with E-state index in [1.807, 2.05) is 24.9 Å². The van der Waals surface area contributed by atoms with Gasteiger partial charge in [0, 0.05) is 24.7 Å². The van der Waals surface area contributed by atoms with Crippen molar-refractivity contribution in [3.63, 3.8) is 0 Å². The van der Waals surface area contributed by atoms with Crippen LogP contribution in [-0.2, 0) is 11.8 Å². The van der Waals surface area contributed by atoms with Crippen LogP contribution in [0.15, 0.2) is 6.20 Å². The number of nitrogens with two attached hydrogens (primary N) is 1. The van der Waals surface area contributed by atoms with Crippen molar-refractivity contribution in [3.8, 4) is 0 Å². The first-order valence-corrected chi connectivity index (χ1v) is 9.15. The van der Waals surface area contributed by atoms with Gasteiger partial charge in [-0.2, -0.15) is 0 Å². The lowest BCUT2D eigenvalue weighted by Gasteiger charge is -2.40. The number of rotatable bonds is 1. The van der Waals surface area contributed by atoms with E-state index in [0.717, 1.165) is 53.5 Å². The molecule has 1 spiro atoms. The fraction of sp³-hybridized carbons (Fsp3) is 0.529. The van der Waals surface area contributed by atoms with Crippen LogP contribution in [0.1, 0.15) is 50.9 Å². The highest BCUT2D eigenvalue weighted by molar-refractivity contribution is 7.13. The number of amides is 1. The molecule has 1 unspecified atom stereocenters.